The fourth-order valence-corrected chi connectivity index (χ4v) is 1.13. The third kappa shape index (κ3) is 3.98. The van der Waals surface area contributed by atoms with Crippen LogP contribution in [0, 0.1) is 0 Å². The summed E-state index contributed by atoms with van der Waals surface area (Å²) in [7, 11) is 1.53. The summed E-state index contributed by atoms with van der Waals surface area (Å²) < 4.78 is 0. The van der Waals surface area contributed by atoms with Gasteiger partial charge in [-0.05, 0) is 12.5 Å². The smallest absolute Gasteiger partial charge is 0.106 e. The van der Waals surface area contributed by atoms with Crippen LogP contribution in [0.25, 0.3) is 0 Å². The molecule has 0 radical (unpaired) electrons. The maximum atomic E-state index is 4.65. The minimum atomic E-state index is 0.691. The van der Waals surface area contributed by atoms with Gasteiger partial charge in [-0.2, -0.15) is 0 Å². The van der Waals surface area contributed by atoms with Crippen LogP contribution in [0.3, 0.4) is 0 Å². The molecule has 0 fully saturated rings. The van der Waals surface area contributed by atoms with E-state index in [-0.39, 0.29) is 0 Å². The molecule has 0 atom stereocenters. The van der Waals surface area contributed by atoms with Crippen molar-refractivity contribution in [2.75, 3.05) is 12.4 Å². The van der Waals surface area contributed by atoms with Crippen molar-refractivity contribution in [1.82, 2.24) is 0 Å². The van der Waals surface area contributed by atoms with E-state index in [0.29, 0.717) is 5.33 Å². The van der Waals surface area contributed by atoms with E-state index in [1.165, 1.54) is 7.11 Å². The van der Waals surface area contributed by atoms with Gasteiger partial charge >= 0.3 is 0 Å². The third-order valence-corrected chi connectivity index (χ3v) is 1.68. The average Bonchev–Trinajstić information content (AvgIpc) is 2.00. The summed E-state index contributed by atoms with van der Waals surface area (Å²) in [5, 5.41) is 4.51. The monoisotopic (exact) mass is 217 g/mol. The molecule has 0 amide bonds. The van der Waals surface area contributed by atoms with E-state index in [9.17, 15) is 0 Å². The minimum Gasteiger partial charge on any atom is -0.399 e. The first-order valence-corrected chi connectivity index (χ1v) is 4.34. The first-order chi connectivity index (χ1) is 5.26. The number of allylic oxidation sites excluding steroid dienone is 3. The number of hydrogen-bond acceptors (Lipinski definition) is 2. The lowest BCUT2D eigenvalue weighted by Crippen LogP contribution is -2.01. The second kappa shape index (κ2) is 6.16. The summed E-state index contributed by atoms with van der Waals surface area (Å²) in [6.07, 6.45) is 3.61. The molecule has 11 heavy (non-hydrogen) atoms. The van der Waals surface area contributed by atoms with Gasteiger partial charge in [0.1, 0.15) is 7.11 Å². The van der Waals surface area contributed by atoms with Crippen molar-refractivity contribution in [1.29, 1.82) is 0 Å². The molecule has 0 heterocycles. The number of hydrogen-bond donors (Lipinski definition) is 0. The van der Waals surface area contributed by atoms with Crippen molar-refractivity contribution < 1.29 is 4.84 Å². The topological polar surface area (TPSA) is 21.6 Å². The summed E-state index contributed by atoms with van der Waals surface area (Å²) in [4.78, 5) is 4.65. The van der Waals surface area contributed by atoms with Gasteiger partial charge in [0, 0.05) is 5.33 Å². The van der Waals surface area contributed by atoms with Gasteiger partial charge in [0.05, 0.1) is 5.71 Å². The van der Waals surface area contributed by atoms with Crippen LogP contribution >= 0.6 is 15.9 Å². The Balaban J connectivity index is 4.37. The summed E-state index contributed by atoms with van der Waals surface area (Å²) in [5.41, 5.74) is 1.94. The molecule has 0 spiro atoms. The first-order valence-electron chi connectivity index (χ1n) is 3.22. The van der Waals surface area contributed by atoms with Gasteiger partial charge in [-0.25, -0.2) is 0 Å². The van der Waals surface area contributed by atoms with E-state index in [4.69, 9.17) is 0 Å². The summed E-state index contributed by atoms with van der Waals surface area (Å²) in [6, 6.07) is 0. The van der Waals surface area contributed by atoms with E-state index < -0.39 is 0 Å². The second-order valence-electron chi connectivity index (χ2n) is 1.94. The van der Waals surface area contributed by atoms with Crippen LogP contribution in [0.5, 0.6) is 0 Å². The van der Waals surface area contributed by atoms with Gasteiger partial charge in [-0.3, -0.25) is 0 Å². The van der Waals surface area contributed by atoms with E-state index in [0.717, 1.165) is 11.3 Å². The zero-order chi connectivity index (χ0) is 8.69. The molecule has 0 bridgehead atoms. The molecule has 0 saturated heterocycles. The molecule has 0 aromatic rings. The lowest BCUT2D eigenvalue weighted by Gasteiger charge is -1.99. The molecule has 2 nitrogen and oxygen atoms in total. The highest BCUT2D eigenvalue weighted by Crippen LogP contribution is 2.01. The Labute approximate surface area is 75.7 Å². The number of nitrogens with zero attached hydrogens (tertiary/aromatic N) is 1. The number of alkyl halides is 1. The molecule has 0 N–H and O–H groups in total. The molecule has 0 aliphatic heterocycles. The zero-order valence-electron chi connectivity index (χ0n) is 6.80. The lowest BCUT2D eigenvalue weighted by atomic mass is 10.2. The zero-order valence-corrected chi connectivity index (χ0v) is 8.39. The van der Waals surface area contributed by atoms with Crippen LogP contribution in [0.2, 0.25) is 0 Å². The van der Waals surface area contributed by atoms with E-state index >= 15 is 0 Å². The highest BCUT2D eigenvalue weighted by atomic mass is 79.9. The lowest BCUT2D eigenvalue weighted by molar-refractivity contribution is 0.213. The first kappa shape index (κ1) is 10.4. The van der Waals surface area contributed by atoms with Crippen LogP contribution in [0.1, 0.15) is 6.92 Å². The largest absolute Gasteiger partial charge is 0.399 e. The molecule has 0 aromatic carbocycles. The summed E-state index contributed by atoms with van der Waals surface area (Å²) in [6.45, 7) is 5.55. The van der Waals surface area contributed by atoms with Crippen LogP contribution in [0.15, 0.2) is 29.5 Å². The van der Waals surface area contributed by atoms with Gasteiger partial charge < -0.3 is 4.84 Å². The molecule has 0 aliphatic rings. The highest BCUT2D eigenvalue weighted by Gasteiger charge is 1.98. The van der Waals surface area contributed by atoms with Crippen LogP contribution in [-0.4, -0.2) is 18.2 Å². The Hall–Kier alpha value is -0.570. The fourth-order valence-electron chi connectivity index (χ4n) is 0.585. The average molecular weight is 218 g/mol. The molecular weight excluding hydrogens is 206 g/mol. The standard InChI is InChI=1S/C8H12BrNO/c1-4-5-7(2)8(6-9)10-11-3/h4-5H,1,6H2,2-3H3/b7-5+,10-8+. The number of oxime groups is 1. The quantitative estimate of drug-likeness (QED) is 0.307. The van der Waals surface area contributed by atoms with Crippen molar-refractivity contribution in [3.63, 3.8) is 0 Å². The molecular formula is C8H12BrNO. The van der Waals surface area contributed by atoms with Crippen molar-refractivity contribution in [3.8, 4) is 0 Å². The molecule has 0 rings (SSSR count). The number of halogens is 1. The predicted molar refractivity (Wildman–Crippen MR) is 52.2 cm³/mol. The van der Waals surface area contributed by atoms with Gasteiger partial charge in [-0.15, -0.1) is 0 Å². The van der Waals surface area contributed by atoms with E-state index in [1.807, 2.05) is 13.0 Å². The van der Waals surface area contributed by atoms with Crippen molar-refractivity contribution in [2.24, 2.45) is 5.16 Å². The van der Waals surface area contributed by atoms with Gasteiger partial charge in [0.2, 0.25) is 0 Å². The Kier molecular flexibility index (Phi) is 5.84. The highest BCUT2D eigenvalue weighted by molar-refractivity contribution is 9.09. The van der Waals surface area contributed by atoms with Gasteiger partial charge in [0.15, 0.2) is 0 Å². The minimum absolute atomic E-state index is 0.691. The van der Waals surface area contributed by atoms with Crippen LogP contribution in [0.4, 0.5) is 0 Å². The van der Waals surface area contributed by atoms with Crippen LogP contribution < -0.4 is 0 Å². The van der Waals surface area contributed by atoms with Gasteiger partial charge in [0.25, 0.3) is 0 Å². The van der Waals surface area contributed by atoms with E-state index in [2.05, 4.69) is 32.5 Å². The van der Waals surface area contributed by atoms with Crippen molar-refractivity contribution >= 4 is 21.6 Å². The van der Waals surface area contributed by atoms with Crippen molar-refractivity contribution in [3.05, 3.63) is 24.3 Å². The van der Waals surface area contributed by atoms with E-state index in [1.54, 1.807) is 6.08 Å². The summed E-state index contributed by atoms with van der Waals surface area (Å²) in [5.74, 6) is 0. The van der Waals surface area contributed by atoms with Crippen molar-refractivity contribution in [2.45, 2.75) is 6.92 Å². The molecule has 0 unspecified atom stereocenters. The Morgan fingerprint density at radius 2 is 2.36 bits per heavy atom. The Morgan fingerprint density at radius 3 is 2.73 bits per heavy atom. The molecule has 3 heteroatoms. The normalized spacial score (nSPS) is 13.0. The Bertz CT molecular complexity index is 185. The summed E-state index contributed by atoms with van der Waals surface area (Å²) >= 11 is 3.30. The van der Waals surface area contributed by atoms with Crippen LogP contribution in [-0.2, 0) is 4.84 Å². The molecule has 0 aromatic heterocycles. The second-order valence-corrected chi connectivity index (χ2v) is 2.50. The molecule has 0 aliphatic carbocycles. The third-order valence-electron chi connectivity index (χ3n) is 1.15. The van der Waals surface area contributed by atoms with Gasteiger partial charge in [-0.1, -0.05) is 39.8 Å². The Morgan fingerprint density at radius 1 is 1.73 bits per heavy atom. The molecule has 0 saturated carbocycles. The maximum Gasteiger partial charge on any atom is 0.106 e. The maximum absolute atomic E-state index is 4.65. The molecule has 62 valence electrons. The SMILES string of the molecule is C=C/C=C(C)/C(CBr)=N/OC. The fraction of sp³-hybridized carbons (Fsp3) is 0.375. The number of rotatable bonds is 4. The predicted octanol–water partition coefficient (Wildman–Crippen LogP) is 2.52.